The largest absolute Gasteiger partial charge is 0.392 e. The Morgan fingerprint density at radius 1 is 0.760 bits per heavy atom. The Morgan fingerprint density at radius 3 is 2.00 bits per heavy atom. The third-order valence-corrected chi connectivity index (χ3v) is 4.12. The Labute approximate surface area is 148 Å². The molecule has 0 aliphatic heterocycles. The Balaban J connectivity index is 1.53. The summed E-state index contributed by atoms with van der Waals surface area (Å²) in [5, 5.41) is 11.9. The number of carbonyl (C=O) groups excluding carboxylic acids is 1. The van der Waals surface area contributed by atoms with Gasteiger partial charge in [0, 0.05) is 12.1 Å². The van der Waals surface area contributed by atoms with Crippen molar-refractivity contribution in [2.75, 3.05) is 5.32 Å². The van der Waals surface area contributed by atoms with Gasteiger partial charge in [-0.1, -0.05) is 66.7 Å². The molecular formula is C22H21NO2. The first-order valence-corrected chi connectivity index (χ1v) is 8.38. The van der Waals surface area contributed by atoms with E-state index in [0.717, 1.165) is 16.8 Å². The van der Waals surface area contributed by atoms with E-state index in [1.807, 2.05) is 18.2 Å². The Kier molecular flexibility index (Phi) is 5.60. The SMILES string of the molecule is O=C(CCc1ccc(-c2ccccc2)cc1)Nc1ccc(CO)cc1. The van der Waals surface area contributed by atoms with Gasteiger partial charge in [-0.3, -0.25) is 4.79 Å². The van der Waals surface area contributed by atoms with Crippen molar-refractivity contribution in [3.63, 3.8) is 0 Å². The fraction of sp³-hybridized carbons (Fsp3) is 0.136. The van der Waals surface area contributed by atoms with E-state index in [0.29, 0.717) is 12.8 Å². The van der Waals surface area contributed by atoms with Gasteiger partial charge < -0.3 is 10.4 Å². The van der Waals surface area contributed by atoms with Gasteiger partial charge in [0.25, 0.3) is 0 Å². The van der Waals surface area contributed by atoms with E-state index in [4.69, 9.17) is 5.11 Å². The molecule has 126 valence electrons. The molecule has 3 heteroatoms. The van der Waals surface area contributed by atoms with Crippen LogP contribution in [0.25, 0.3) is 11.1 Å². The van der Waals surface area contributed by atoms with Gasteiger partial charge in [-0.15, -0.1) is 0 Å². The number of benzene rings is 3. The van der Waals surface area contributed by atoms with Crippen LogP contribution in [0.4, 0.5) is 5.69 Å². The maximum atomic E-state index is 12.1. The van der Waals surface area contributed by atoms with E-state index in [-0.39, 0.29) is 12.5 Å². The van der Waals surface area contributed by atoms with E-state index in [2.05, 4.69) is 41.7 Å². The lowest BCUT2D eigenvalue weighted by Gasteiger charge is -2.07. The smallest absolute Gasteiger partial charge is 0.224 e. The monoisotopic (exact) mass is 331 g/mol. The van der Waals surface area contributed by atoms with Crippen LogP contribution >= 0.6 is 0 Å². The van der Waals surface area contributed by atoms with Crippen LogP contribution in [-0.2, 0) is 17.8 Å². The Hall–Kier alpha value is -2.91. The molecule has 0 spiro atoms. The fourth-order valence-electron chi connectivity index (χ4n) is 2.67. The highest BCUT2D eigenvalue weighted by atomic mass is 16.3. The van der Waals surface area contributed by atoms with E-state index in [1.165, 1.54) is 11.1 Å². The predicted molar refractivity (Wildman–Crippen MR) is 101 cm³/mol. The van der Waals surface area contributed by atoms with E-state index < -0.39 is 0 Å². The molecule has 0 unspecified atom stereocenters. The number of hydrogen-bond donors (Lipinski definition) is 2. The molecule has 0 atom stereocenters. The fourth-order valence-corrected chi connectivity index (χ4v) is 2.67. The topological polar surface area (TPSA) is 49.3 Å². The number of amides is 1. The van der Waals surface area contributed by atoms with Gasteiger partial charge in [0.1, 0.15) is 0 Å². The summed E-state index contributed by atoms with van der Waals surface area (Å²) >= 11 is 0. The number of carbonyl (C=O) groups is 1. The van der Waals surface area contributed by atoms with Crippen molar-refractivity contribution in [3.8, 4) is 11.1 Å². The third kappa shape index (κ3) is 4.78. The number of rotatable bonds is 6. The van der Waals surface area contributed by atoms with E-state index >= 15 is 0 Å². The average molecular weight is 331 g/mol. The van der Waals surface area contributed by atoms with Crippen molar-refractivity contribution in [2.45, 2.75) is 19.4 Å². The highest BCUT2D eigenvalue weighted by Gasteiger charge is 2.04. The second-order valence-corrected chi connectivity index (χ2v) is 5.97. The van der Waals surface area contributed by atoms with Crippen molar-refractivity contribution < 1.29 is 9.90 Å². The van der Waals surface area contributed by atoms with Crippen LogP contribution in [-0.4, -0.2) is 11.0 Å². The second-order valence-electron chi connectivity index (χ2n) is 5.97. The van der Waals surface area contributed by atoms with Crippen LogP contribution < -0.4 is 5.32 Å². The molecule has 1 amide bonds. The quantitative estimate of drug-likeness (QED) is 0.702. The first-order valence-electron chi connectivity index (χ1n) is 8.38. The van der Waals surface area contributed by atoms with Crippen molar-refractivity contribution in [2.24, 2.45) is 0 Å². The number of nitrogens with one attached hydrogen (secondary N) is 1. The molecule has 3 aromatic carbocycles. The van der Waals surface area contributed by atoms with Gasteiger partial charge in [0.05, 0.1) is 6.61 Å². The van der Waals surface area contributed by atoms with Crippen molar-refractivity contribution in [1.29, 1.82) is 0 Å². The minimum atomic E-state index is -0.0103. The second kappa shape index (κ2) is 8.27. The molecule has 0 aliphatic rings. The van der Waals surface area contributed by atoms with Gasteiger partial charge in [-0.2, -0.15) is 0 Å². The predicted octanol–water partition coefficient (Wildman–Crippen LogP) is 4.42. The molecule has 0 bridgehead atoms. The number of anilines is 1. The first kappa shape index (κ1) is 16.9. The first-order chi connectivity index (χ1) is 12.2. The summed E-state index contributed by atoms with van der Waals surface area (Å²) in [7, 11) is 0. The maximum absolute atomic E-state index is 12.1. The zero-order valence-corrected chi connectivity index (χ0v) is 14.0. The molecule has 0 fully saturated rings. The summed E-state index contributed by atoms with van der Waals surface area (Å²) in [6.45, 7) is 0.00715. The molecule has 0 saturated heterocycles. The van der Waals surface area contributed by atoms with Crippen molar-refractivity contribution >= 4 is 11.6 Å². The van der Waals surface area contributed by atoms with Crippen LogP contribution in [0.3, 0.4) is 0 Å². The highest BCUT2D eigenvalue weighted by molar-refractivity contribution is 5.90. The maximum Gasteiger partial charge on any atom is 0.224 e. The van der Waals surface area contributed by atoms with Crippen LogP contribution in [0.1, 0.15) is 17.5 Å². The van der Waals surface area contributed by atoms with Crippen molar-refractivity contribution in [1.82, 2.24) is 0 Å². The minimum Gasteiger partial charge on any atom is -0.392 e. The zero-order chi connectivity index (χ0) is 17.5. The average Bonchev–Trinajstić information content (AvgIpc) is 2.68. The number of aliphatic hydroxyl groups excluding tert-OH is 1. The van der Waals surface area contributed by atoms with Crippen LogP contribution in [0.5, 0.6) is 0 Å². The standard InChI is InChI=1S/C22H21NO2/c24-16-18-8-13-21(14-9-18)23-22(25)15-10-17-6-11-20(12-7-17)19-4-2-1-3-5-19/h1-9,11-14,24H,10,15-16H2,(H,23,25). The summed E-state index contributed by atoms with van der Waals surface area (Å²) in [4.78, 5) is 12.1. The molecule has 0 saturated carbocycles. The van der Waals surface area contributed by atoms with Gasteiger partial charge >= 0.3 is 0 Å². The van der Waals surface area contributed by atoms with Crippen molar-refractivity contribution in [3.05, 3.63) is 90.0 Å². The molecule has 3 aromatic rings. The molecular weight excluding hydrogens is 310 g/mol. The highest BCUT2D eigenvalue weighted by Crippen LogP contribution is 2.19. The lowest BCUT2D eigenvalue weighted by Crippen LogP contribution is -2.12. The van der Waals surface area contributed by atoms with Crippen LogP contribution in [0, 0.1) is 0 Å². The van der Waals surface area contributed by atoms with E-state index in [9.17, 15) is 4.79 Å². The van der Waals surface area contributed by atoms with Gasteiger partial charge in [0.15, 0.2) is 0 Å². The minimum absolute atomic E-state index is 0.00715. The molecule has 0 aliphatic carbocycles. The van der Waals surface area contributed by atoms with Crippen LogP contribution in [0.2, 0.25) is 0 Å². The molecule has 2 N–H and O–H groups in total. The van der Waals surface area contributed by atoms with Gasteiger partial charge in [0.2, 0.25) is 5.91 Å². The number of hydrogen-bond acceptors (Lipinski definition) is 2. The van der Waals surface area contributed by atoms with Gasteiger partial charge in [-0.25, -0.2) is 0 Å². The summed E-state index contributed by atoms with van der Waals surface area (Å²) < 4.78 is 0. The number of aryl methyl sites for hydroxylation is 1. The molecule has 3 rings (SSSR count). The Bertz CT molecular complexity index is 809. The zero-order valence-electron chi connectivity index (χ0n) is 14.0. The van der Waals surface area contributed by atoms with Crippen LogP contribution in [0.15, 0.2) is 78.9 Å². The number of aliphatic hydroxyl groups is 1. The summed E-state index contributed by atoms with van der Waals surface area (Å²) in [6.07, 6.45) is 1.14. The molecule has 25 heavy (non-hydrogen) atoms. The molecule has 0 aromatic heterocycles. The summed E-state index contributed by atoms with van der Waals surface area (Å²) in [5.74, 6) is -0.0103. The lowest BCUT2D eigenvalue weighted by atomic mass is 10.0. The summed E-state index contributed by atoms with van der Waals surface area (Å²) in [6, 6.07) is 25.8. The lowest BCUT2D eigenvalue weighted by molar-refractivity contribution is -0.116. The molecule has 0 radical (unpaired) electrons. The third-order valence-electron chi connectivity index (χ3n) is 4.12. The summed E-state index contributed by atoms with van der Waals surface area (Å²) in [5.41, 5.74) is 5.10. The Morgan fingerprint density at radius 2 is 1.36 bits per heavy atom. The molecule has 3 nitrogen and oxygen atoms in total. The molecule has 0 heterocycles. The van der Waals surface area contributed by atoms with E-state index in [1.54, 1.807) is 24.3 Å². The normalized spacial score (nSPS) is 10.4. The van der Waals surface area contributed by atoms with Gasteiger partial charge in [-0.05, 0) is 40.8 Å².